The second-order valence-electron chi connectivity index (χ2n) is 6.22. The van der Waals surface area contributed by atoms with Gasteiger partial charge in [-0.1, -0.05) is 0 Å². The number of amides is 1. The number of aromatic nitrogens is 2. The minimum Gasteiger partial charge on any atom is -0.472 e. The van der Waals surface area contributed by atoms with Crippen LogP contribution in [0.1, 0.15) is 28.8 Å². The molecule has 0 saturated carbocycles. The van der Waals surface area contributed by atoms with Crippen LogP contribution in [0, 0.1) is 0 Å². The van der Waals surface area contributed by atoms with Crippen LogP contribution in [-0.2, 0) is 13.6 Å². The fourth-order valence-corrected chi connectivity index (χ4v) is 3.84. The molecule has 0 aromatic carbocycles. The van der Waals surface area contributed by atoms with Gasteiger partial charge in [-0.2, -0.15) is 5.10 Å². The normalized spacial score (nSPS) is 24.9. The van der Waals surface area contributed by atoms with Gasteiger partial charge in [0.1, 0.15) is 0 Å². The molecule has 0 unspecified atom stereocenters. The molecular weight excluding hydrogens is 280 g/mol. The van der Waals surface area contributed by atoms with E-state index in [0.717, 1.165) is 32.5 Å². The van der Waals surface area contributed by atoms with Crippen molar-refractivity contribution in [3.8, 4) is 0 Å². The highest BCUT2D eigenvalue weighted by Crippen LogP contribution is 2.33. The van der Waals surface area contributed by atoms with Crippen molar-refractivity contribution in [2.24, 2.45) is 7.05 Å². The Hall–Kier alpha value is -2.08. The first-order valence-corrected chi connectivity index (χ1v) is 7.77. The van der Waals surface area contributed by atoms with Crippen LogP contribution in [0.25, 0.3) is 0 Å². The maximum absolute atomic E-state index is 12.7. The van der Waals surface area contributed by atoms with Crippen LogP contribution in [-0.4, -0.2) is 50.7 Å². The van der Waals surface area contributed by atoms with Crippen molar-refractivity contribution in [3.63, 3.8) is 0 Å². The lowest BCUT2D eigenvalue weighted by molar-refractivity contribution is 0.0732. The maximum Gasteiger partial charge on any atom is 0.257 e. The Labute approximate surface area is 129 Å². The molecule has 22 heavy (non-hydrogen) atoms. The third-order valence-electron chi connectivity index (χ3n) is 4.87. The minimum atomic E-state index is 0.116. The molecule has 0 bridgehead atoms. The van der Waals surface area contributed by atoms with E-state index in [-0.39, 0.29) is 5.91 Å². The fourth-order valence-electron chi connectivity index (χ4n) is 3.84. The molecule has 2 aliphatic rings. The molecule has 0 N–H and O–H groups in total. The van der Waals surface area contributed by atoms with E-state index in [1.165, 1.54) is 5.56 Å². The molecule has 0 spiro atoms. The van der Waals surface area contributed by atoms with Crippen LogP contribution < -0.4 is 0 Å². The van der Waals surface area contributed by atoms with Crippen molar-refractivity contribution >= 4 is 5.91 Å². The van der Waals surface area contributed by atoms with Crippen molar-refractivity contribution in [1.82, 2.24) is 19.6 Å². The third kappa shape index (κ3) is 2.23. The predicted octanol–water partition coefficient (Wildman–Crippen LogP) is 1.50. The van der Waals surface area contributed by atoms with Gasteiger partial charge in [-0.25, -0.2) is 0 Å². The van der Waals surface area contributed by atoms with Gasteiger partial charge in [0.2, 0.25) is 0 Å². The number of carbonyl (C=O) groups is 1. The van der Waals surface area contributed by atoms with Gasteiger partial charge in [-0.05, 0) is 18.9 Å². The molecule has 116 valence electrons. The molecule has 2 fully saturated rings. The van der Waals surface area contributed by atoms with Gasteiger partial charge < -0.3 is 9.32 Å². The quantitative estimate of drug-likeness (QED) is 0.862. The van der Waals surface area contributed by atoms with Crippen molar-refractivity contribution in [1.29, 1.82) is 0 Å². The van der Waals surface area contributed by atoms with Gasteiger partial charge in [0.05, 0.1) is 24.3 Å². The summed E-state index contributed by atoms with van der Waals surface area (Å²) in [5.74, 6) is 0.116. The Bertz CT molecular complexity index is 664. The number of hydrogen-bond donors (Lipinski definition) is 0. The van der Waals surface area contributed by atoms with Gasteiger partial charge >= 0.3 is 0 Å². The van der Waals surface area contributed by atoms with Crippen molar-refractivity contribution < 1.29 is 9.21 Å². The second-order valence-corrected chi connectivity index (χ2v) is 6.22. The first-order valence-electron chi connectivity index (χ1n) is 7.77. The van der Waals surface area contributed by atoms with E-state index in [2.05, 4.69) is 10.00 Å². The zero-order valence-corrected chi connectivity index (χ0v) is 12.7. The molecular formula is C16H20N4O2. The summed E-state index contributed by atoms with van der Waals surface area (Å²) in [6.45, 7) is 2.79. The lowest BCUT2D eigenvalue weighted by Crippen LogP contribution is -2.39. The second kappa shape index (κ2) is 5.28. The van der Waals surface area contributed by atoms with Crippen LogP contribution in [0.15, 0.2) is 35.4 Å². The molecule has 6 nitrogen and oxygen atoms in total. The number of furan rings is 1. The summed E-state index contributed by atoms with van der Waals surface area (Å²) >= 11 is 0. The van der Waals surface area contributed by atoms with Gasteiger partial charge in [-0.15, -0.1) is 0 Å². The summed E-state index contributed by atoms with van der Waals surface area (Å²) in [7, 11) is 1.84. The summed E-state index contributed by atoms with van der Waals surface area (Å²) < 4.78 is 6.84. The van der Waals surface area contributed by atoms with Crippen LogP contribution in [0.3, 0.4) is 0 Å². The molecule has 2 saturated heterocycles. The van der Waals surface area contributed by atoms with Crippen LogP contribution in [0.2, 0.25) is 0 Å². The summed E-state index contributed by atoms with van der Waals surface area (Å²) in [6, 6.07) is 2.82. The van der Waals surface area contributed by atoms with Crippen molar-refractivity contribution in [2.45, 2.75) is 31.5 Å². The van der Waals surface area contributed by atoms with Gasteiger partial charge in [-0.3, -0.25) is 14.4 Å². The van der Waals surface area contributed by atoms with E-state index in [0.29, 0.717) is 17.6 Å². The highest BCUT2D eigenvalue weighted by atomic mass is 16.3. The number of aryl methyl sites for hydroxylation is 1. The molecule has 4 rings (SSSR count). The fraction of sp³-hybridized carbons (Fsp3) is 0.500. The van der Waals surface area contributed by atoms with E-state index < -0.39 is 0 Å². The van der Waals surface area contributed by atoms with Crippen LogP contribution in [0.4, 0.5) is 0 Å². The summed E-state index contributed by atoms with van der Waals surface area (Å²) in [5.41, 5.74) is 1.90. The molecule has 2 atom stereocenters. The van der Waals surface area contributed by atoms with E-state index in [1.807, 2.05) is 18.0 Å². The van der Waals surface area contributed by atoms with Crippen molar-refractivity contribution in [2.75, 3.05) is 13.1 Å². The zero-order chi connectivity index (χ0) is 15.1. The summed E-state index contributed by atoms with van der Waals surface area (Å²) in [5, 5.41) is 4.11. The van der Waals surface area contributed by atoms with E-state index in [1.54, 1.807) is 29.6 Å². The van der Waals surface area contributed by atoms with Gasteiger partial charge in [0.25, 0.3) is 5.91 Å². The smallest absolute Gasteiger partial charge is 0.257 e. The van der Waals surface area contributed by atoms with Gasteiger partial charge in [0.15, 0.2) is 0 Å². The lowest BCUT2D eigenvalue weighted by atomic mass is 10.1. The number of carbonyl (C=O) groups excluding carboxylic acids is 1. The molecule has 0 aliphatic carbocycles. The number of hydrogen-bond acceptors (Lipinski definition) is 4. The number of nitrogens with zero attached hydrogens (tertiary/aromatic N) is 4. The van der Waals surface area contributed by atoms with Crippen molar-refractivity contribution in [3.05, 3.63) is 42.1 Å². The molecule has 4 heterocycles. The van der Waals surface area contributed by atoms with Gasteiger partial charge in [0, 0.05) is 50.5 Å². The Balaban J connectivity index is 1.47. The topological polar surface area (TPSA) is 54.5 Å². The Morgan fingerprint density at radius 3 is 2.95 bits per heavy atom. The number of fused-ring (bicyclic) bond motifs is 1. The third-order valence-corrected chi connectivity index (χ3v) is 4.87. The molecule has 1 amide bonds. The monoisotopic (exact) mass is 300 g/mol. The zero-order valence-electron chi connectivity index (χ0n) is 12.7. The first kappa shape index (κ1) is 13.6. The SMILES string of the molecule is Cn1cc(C(=O)N2CC[C@@H]3[C@@H]2CCN3Cc2ccoc2)cn1. The summed E-state index contributed by atoms with van der Waals surface area (Å²) in [6.07, 6.45) is 9.08. The molecule has 2 aliphatic heterocycles. The van der Waals surface area contributed by atoms with Crippen LogP contribution >= 0.6 is 0 Å². The Kier molecular flexibility index (Phi) is 3.26. The maximum atomic E-state index is 12.7. The molecule has 0 radical (unpaired) electrons. The highest BCUT2D eigenvalue weighted by molar-refractivity contribution is 5.94. The minimum absolute atomic E-state index is 0.116. The Morgan fingerprint density at radius 2 is 2.23 bits per heavy atom. The lowest BCUT2D eigenvalue weighted by Gasteiger charge is -2.25. The number of rotatable bonds is 3. The largest absolute Gasteiger partial charge is 0.472 e. The number of likely N-dealkylation sites (tertiary alicyclic amines) is 2. The van der Waals surface area contributed by atoms with E-state index in [4.69, 9.17) is 4.42 Å². The predicted molar refractivity (Wildman–Crippen MR) is 80.2 cm³/mol. The average molecular weight is 300 g/mol. The summed E-state index contributed by atoms with van der Waals surface area (Å²) in [4.78, 5) is 17.2. The Morgan fingerprint density at radius 1 is 1.36 bits per heavy atom. The molecule has 2 aromatic rings. The highest BCUT2D eigenvalue weighted by Gasteiger charge is 2.44. The first-order chi connectivity index (χ1) is 10.7. The molecule has 6 heteroatoms. The standard InChI is InChI=1S/C16H20N4O2/c1-18-10-13(8-17-18)16(21)20-6-3-14-15(20)2-5-19(14)9-12-4-7-22-11-12/h4,7-8,10-11,14-15H,2-3,5-6,9H2,1H3/t14-,15+/m1/s1. The molecule has 2 aromatic heterocycles. The van der Waals surface area contributed by atoms with E-state index in [9.17, 15) is 4.79 Å². The average Bonchev–Trinajstić information content (AvgIpc) is 3.24. The van der Waals surface area contributed by atoms with Crippen LogP contribution in [0.5, 0.6) is 0 Å². The van der Waals surface area contributed by atoms with E-state index >= 15 is 0 Å².